The van der Waals surface area contributed by atoms with Crippen molar-refractivity contribution < 1.29 is 4.79 Å². The van der Waals surface area contributed by atoms with Gasteiger partial charge in [-0.1, -0.05) is 31.0 Å². The molecule has 2 heterocycles. The monoisotopic (exact) mass is 295 g/mol. The van der Waals surface area contributed by atoms with E-state index in [1.54, 1.807) is 6.07 Å². The highest BCUT2D eigenvalue weighted by Gasteiger charge is 2.17. The fourth-order valence-corrected chi connectivity index (χ4v) is 2.85. The molecule has 2 N–H and O–H groups in total. The number of likely N-dealkylation sites (tertiary alicyclic amines) is 1. The largest absolute Gasteiger partial charge is 0.384 e. The van der Waals surface area contributed by atoms with E-state index in [0.29, 0.717) is 5.82 Å². The quantitative estimate of drug-likeness (QED) is 0.924. The van der Waals surface area contributed by atoms with Gasteiger partial charge >= 0.3 is 0 Å². The molecule has 1 aromatic carbocycles. The Kier molecular flexibility index (Phi) is 4.37. The van der Waals surface area contributed by atoms with Gasteiger partial charge in [-0.15, -0.1) is 0 Å². The van der Waals surface area contributed by atoms with Gasteiger partial charge in [0.1, 0.15) is 5.82 Å². The molecule has 0 aliphatic carbocycles. The first kappa shape index (κ1) is 14.6. The van der Waals surface area contributed by atoms with Crippen LogP contribution in [0.1, 0.15) is 36.0 Å². The first-order valence-corrected chi connectivity index (χ1v) is 7.86. The minimum Gasteiger partial charge on any atom is -0.384 e. The summed E-state index contributed by atoms with van der Waals surface area (Å²) in [7, 11) is 0. The number of hydrogen-bond donors (Lipinski definition) is 1. The predicted molar refractivity (Wildman–Crippen MR) is 88.5 cm³/mol. The van der Waals surface area contributed by atoms with Gasteiger partial charge < -0.3 is 10.6 Å². The van der Waals surface area contributed by atoms with Crippen LogP contribution in [0.4, 0.5) is 5.82 Å². The zero-order chi connectivity index (χ0) is 15.4. The van der Waals surface area contributed by atoms with E-state index in [1.807, 2.05) is 41.3 Å². The molecule has 1 amide bonds. The highest BCUT2D eigenvalue weighted by Crippen LogP contribution is 2.20. The number of benzene rings is 1. The molecule has 1 saturated heterocycles. The van der Waals surface area contributed by atoms with E-state index in [9.17, 15) is 4.79 Å². The van der Waals surface area contributed by atoms with Gasteiger partial charge in [-0.3, -0.25) is 4.79 Å². The number of nitrogens with zero attached hydrogens (tertiary/aromatic N) is 2. The number of anilines is 1. The zero-order valence-corrected chi connectivity index (χ0v) is 12.7. The molecule has 114 valence electrons. The van der Waals surface area contributed by atoms with Crippen LogP contribution in [0.2, 0.25) is 0 Å². The van der Waals surface area contributed by atoms with Crippen LogP contribution in [0.3, 0.4) is 0 Å². The number of carbonyl (C=O) groups excluding carboxylic acids is 1. The molecule has 1 aliphatic rings. The van der Waals surface area contributed by atoms with Crippen molar-refractivity contribution in [1.82, 2.24) is 9.88 Å². The molecule has 4 nitrogen and oxygen atoms in total. The van der Waals surface area contributed by atoms with E-state index in [-0.39, 0.29) is 5.91 Å². The van der Waals surface area contributed by atoms with Gasteiger partial charge in [0.2, 0.25) is 0 Å². The summed E-state index contributed by atoms with van der Waals surface area (Å²) in [6, 6.07) is 13.2. The summed E-state index contributed by atoms with van der Waals surface area (Å²) >= 11 is 0. The standard InChI is InChI=1S/C18H21N3O/c19-17-7-5-6-16(20-17)14-8-10-15(11-9-14)18(22)21-12-3-1-2-4-13-21/h5-11H,1-4,12-13H2,(H2,19,20). The van der Waals surface area contributed by atoms with E-state index in [2.05, 4.69) is 4.98 Å². The normalized spacial score (nSPS) is 15.4. The Morgan fingerprint density at radius 3 is 2.27 bits per heavy atom. The van der Waals surface area contributed by atoms with Gasteiger partial charge in [0.15, 0.2) is 0 Å². The second kappa shape index (κ2) is 6.60. The summed E-state index contributed by atoms with van der Waals surface area (Å²) in [4.78, 5) is 18.8. The van der Waals surface area contributed by atoms with Crippen molar-refractivity contribution in [3.63, 3.8) is 0 Å². The van der Waals surface area contributed by atoms with Crippen molar-refractivity contribution in [2.45, 2.75) is 25.7 Å². The molecule has 22 heavy (non-hydrogen) atoms. The molecular formula is C18H21N3O. The lowest BCUT2D eigenvalue weighted by Crippen LogP contribution is -2.31. The van der Waals surface area contributed by atoms with Crippen LogP contribution in [0, 0.1) is 0 Å². The first-order valence-electron chi connectivity index (χ1n) is 7.86. The van der Waals surface area contributed by atoms with Crippen molar-refractivity contribution in [3.8, 4) is 11.3 Å². The van der Waals surface area contributed by atoms with Gasteiger partial charge in [0.05, 0.1) is 5.69 Å². The molecule has 4 heteroatoms. The van der Waals surface area contributed by atoms with Crippen molar-refractivity contribution in [1.29, 1.82) is 0 Å². The molecule has 0 atom stereocenters. The average molecular weight is 295 g/mol. The summed E-state index contributed by atoms with van der Waals surface area (Å²) in [6.45, 7) is 1.74. The van der Waals surface area contributed by atoms with Gasteiger partial charge in [-0.25, -0.2) is 4.98 Å². The number of rotatable bonds is 2. The third-order valence-corrected chi connectivity index (χ3v) is 4.09. The van der Waals surface area contributed by atoms with Gasteiger partial charge in [0.25, 0.3) is 5.91 Å². The molecule has 1 fully saturated rings. The third-order valence-electron chi connectivity index (χ3n) is 4.09. The Bertz CT molecular complexity index is 644. The fraction of sp³-hybridized carbons (Fsp3) is 0.333. The molecule has 0 spiro atoms. The van der Waals surface area contributed by atoms with Gasteiger partial charge in [-0.05, 0) is 37.1 Å². The average Bonchev–Trinajstić information content (AvgIpc) is 2.84. The number of hydrogen-bond acceptors (Lipinski definition) is 3. The number of carbonyl (C=O) groups is 1. The molecule has 3 rings (SSSR count). The molecule has 0 saturated carbocycles. The van der Waals surface area contributed by atoms with Crippen molar-refractivity contribution >= 4 is 11.7 Å². The number of aromatic nitrogens is 1. The number of nitrogen functional groups attached to an aromatic ring is 1. The Balaban J connectivity index is 1.77. The van der Waals surface area contributed by atoms with Crippen LogP contribution in [-0.4, -0.2) is 28.9 Å². The van der Waals surface area contributed by atoms with Crippen molar-refractivity contribution in [3.05, 3.63) is 48.0 Å². The minimum atomic E-state index is 0.133. The van der Waals surface area contributed by atoms with Gasteiger partial charge in [0, 0.05) is 24.2 Å². The van der Waals surface area contributed by atoms with Crippen molar-refractivity contribution in [2.75, 3.05) is 18.8 Å². The summed E-state index contributed by atoms with van der Waals surface area (Å²) in [5, 5.41) is 0. The Labute approximate surface area is 131 Å². The molecule has 2 aromatic rings. The van der Waals surface area contributed by atoms with Crippen LogP contribution in [0.5, 0.6) is 0 Å². The topological polar surface area (TPSA) is 59.2 Å². The number of amides is 1. The SMILES string of the molecule is Nc1cccc(-c2ccc(C(=O)N3CCCCCC3)cc2)n1. The lowest BCUT2D eigenvalue weighted by molar-refractivity contribution is 0.0761. The van der Waals surface area contributed by atoms with E-state index in [4.69, 9.17) is 5.73 Å². The molecular weight excluding hydrogens is 274 g/mol. The number of nitrogens with two attached hydrogens (primary N) is 1. The molecule has 0 bridgehead atoms. The van der Waals surface area contributed by atoms with Crippen molar-refractivity contribution in [2.24, 2.45) is 0 Å². The maximum absolute atomic E-state index is 12.5. The van der Waals surface area contributed by atoms with Gasteiger partial charge in [-0.2, -0.15) is 0 Å². The Morgan fingerprint density at radius 1 is 0.955 bits per heavy atom. The smallest absolute Gasteiger partial charge is 0.253 e. The fourth-order valence-electron chi connectivity index (χ4n) is 2.85. The summed E-state index contributed by atoms with van der Waals surface area (Å²) in [5.74, 6) is 0.635. The summed E-state index contributed by atoms with van der Waals surface area (Å²) < 4.78 is 0. The lowest BCUT2D eigenvalue weighted by atomic mass is 10.1. The lowest BCUT2D eigenvalue weighted by Gasteiger charge is -2.20. The first-order chi connectivity index (χ1) is 10.7. The Morgan fingerprint density at radius 2 is 1.64 bits per heavy atom. The number of pyridine rings is 1. The second-order valence-corrected chi connectivity index (χ2v) is 5.73. The van der Waals surface area contributed by atoms with Crippen LogP contribution in [0.15, 0.2) is 42.5 Å². The van der Waals surface area contributed by atoms with E-state index in [1.165, 1.54) is 12.8 Å². The van der Waals surface area contributed by atoms with Crippen LogP contribution < -0.4 is 5.73 Å². The third kappa shape index (κ3) is 3.27. The van der Waals surface area contributed by atoms with Crippen LogP contribution >= 0.6 is 0 Å². The Hall–Kier alpha value is -2.36. The summed E-state index contributed by atoms with van der Waals surface area (Å²) in [6.07, 6.45) is 4.67. The molecule has 1 aliphatic heterocycles. The molecule has 1 aromatic heterocycles. The zero-order valence-electron chi connectivity index (χ0n) is 12.7. The van der Waals surface area contributed by atoms with E-state index >= 15 is 0 Å². The minimum absolute atomic E-state index is 0.133. The molecule has 0 radical (unpaired) electrons. The van der Waals surface area contributed by atoms with Crippen LogP contribution in [0.25, 0.3) is 11.3 Å². The molecule has 0 unspecified atom stereocenters. The van der Waals surface area contributed by atoms with E-state index < -0.39 is 0 Å². The maximum Gasteiger partial charge on any atom is 0.253 e. The maximum atomic E-state index is 12.5. The predicted octanol–water partition coefficient (Wildman–Crippen LogP) is 3.35. The van der Waals surface area contributed by atoms with E-state index in [0.717, 1.165) is 42.8 Å². The summed E-state index contributed by atoms with van der Waals surface area (Å²) in [5.41, 5.74) is 8.26. The van der Waals surface area contributed by atoms with Crippen LogP contribution in [-0.2, 0) is 0 Å². The highest BCUT2D eigenvalue weighted by molar-refractivity contribution is 5.94. The highest BCUT2D eigenvalue weighted by atomic mass is 16.2. The second-order valence-electron chi connectivity index (χ2n) is 5.73.